The van der Waals surface area contributed by atoms with Gasteiger partial charge in [-0.2, -0.15) is 0 Å². The lowest BCUT2D eigenvalue weighted by atomic mass is 10.0. The molecule has 0 aromatic carbocycles. The Kier molecular flexibility index (Phi) is 46.0. The lowest BCUT2D eigenvalue weighted by Gasteiger charge is -2.30. The Morgan fingerprint density at radius 2 is 0.794 bits per heavy atom. The van der Waals surface area contributed by atoms with Crippen LogP contribution in [0.2, 0.25) is 0 Å². The number of carbonyl (C=O) groups excluding carboxylic acids is 4. The number of carbonyl (C=O) groups is 4. The van der Waals surface area contributed by atoms with E-state index in [1.807, 2.05) is 4.90 Å². The molecule has 0 saturated heterocycles. The predicted molar refractivity (Wildman–Crippen MR) is 256 cm³/mol. The molecule has 0 radical (unpaired) electrons. The second-order valence-electron chi connectivity index (χ2n) is 17.7. The van der Waals surface area contributed by atoms with Gasteiger partial charge in [-0.05, 0) is 70.9 Å². The van der Waals surface area contributed by atoms with Crippen LogP contribution in [0.4, 0.5) is 0 Å². The van der Waals surface area contributed by atoms with Gasteiger partial charge in [0.2, 0.25) is 0 Å². The molecule has 0 heterocycles. The quantitative estimate of drug-likeness (QED) is 0.0329. The van der Waals surface area contributed by atoms with Gasteiger partial charge in [0.25, 0.3) is 0 Å². The van der Waals surface area contributed by atoms with Gasteiger partial charge in [-0.15, -0.1) is 0 Å². The fraction of sp³-hybridized carbons (Fsp3) is 0.923. The molecule has 1 unspecified atom stereocenters. The minimum atomic E-state index is -0.798. The van der Waals surface area contributed by atoms with Gasteiger partial charge >= 0.3 is 23.9 Å². The summed E-state index contributed by atoms with van der Waals surface area (Å²) >= 11 is 0. The van der Waals surface area contributed by atoms with Crippen molar-refractivity contribution in [1.82, 2.24) is 4.90 Å². The lowest BCUT2D eigenvalue weighted by molar-refractivity contribution is -0.158. The highest BCUT2D eigenvalue weighted by Crippen LogP contribution is 2.19. The Hall–Kier alpha value is -2.24. The van der Waals surface area contributed by atoms with E-state index in [4.69, 9.17) is 28.4 Å². The van der Waals surface area contributed by atoms with Crippen molar-refractivity contribution < 1.29 is 47.6 Å². The van der Waals surface area contributed by atoms with Gasteiger partial charge in [-0.25, -0.2) is 0 Å². The maximum atomic E-state index is 13.4. The van der Waals surface area contributed by atoms with Gasteiger partial charge < -0.3 is 28.4 Å². The van der Waals surface area contributed by atoms with Crippen LogP contribution in [0, 0.1) is 0 Å². The van der Waals surface area contributed by atoms with Crippen molar-refractivity contribution in [3.8, 4) is 0 Å². The Labute approximate surface area is 386 Å². The molecule has 0 aliphatic heterocycles. The van der Waals surface area contributed by atoms with Crippen LogP contribution < -0.4 is 0 Å². The summed E-state index contributed by atoms with van der Waals surface area (Å²) in [6, 6.07) is -0.798. The summed E-state index contributed by atoms with van der Waals surface area (Å²) < 4.78 is 32.6. The zero-order valence-corrected chi connectivity index (χ0v) is 41.7. The first-order chi connectivity index (χ1) is 30.8. The minimum absolute atomic E-state index is 0.0374. The summed E-state index contributed by atoms with van der Waals surface area (Å²) in [6.45, 7) is 9.14. The van der Waals surface area contributed by atoms with Crippen LogP contribution >= 0.6 is 0 Å². The molecule has 63 heavy (non-hydrogen) atoms. The summed E-state index contributed by atoms with van der Waals surface area (Å²) in [5.41, 5.74) is 0. The van der Waals surface area contributed by atoms with Crippen molar-refractivity contribution >= 4 is 23.9 Å². The van der Waals surface area contributed by atoms with Gasteiger partial charge in [-0.1, -0.05) is 162 Å². The van der Waals surface area contributed by atoms with Crippen molar-refractivity contribution in [1.29, 1.82) is 0 Å². The van der Waals surface area contributed by atoms with Crippen LogP contribution in [0.25, 0.3) is 0 Å². The van der Waals surface area contributed by atoms with E-state index in [2.05, 4.69) is 20.8 Å². The van der Waals surface area contributed by atoms with Crippen LogP contribution in [-0.4, -0.2) is 101 Å². The number of nitrogens with zero attached hydrogens (tertiary/aromatic N) is 1. The number of ether oxygens (including phenoxy) is 6. The van der Waals surface area contributed by atoms with Crippen molar-refractivity contribution in [2.75, 3.05) is 60.3 Å². The van der Waals surface area contributed by atoms with Crippen LogP contribution in [-0.2, 0) is 47.6 Å². The Morgan fingerprint density at radius 3 is 1.30 bits per heavy atom. The molecule has 0 spiro atoms. The molecule has 11 nitrogen and oxygen atoms in total. The van der Waals surface area contributed by atoms with Crippen LogP contribution in [0.15, 0.2) is 0 Å². The third-order valence-electron chi connectivity index (χ3n) is 11.9. The number of hydrogen-bond donors (Lipinski definition) is 0. The molecule has 0 rings (SSSR count). The van der Waals surface area contributed by atoms with Gasteiger partial charge in [0.15, 0.2) is 0 Å². The SMILES string of the molecule is CCCCCCCCCCCOC(=O)CCCCCN(CCCCCCCC(=O)OC(CCCCCCCC)CCCCCCCC)C(CC(=O)OCCOC)C(=O)OCCOC. The predicted octanol–water partition coefficient (Wildman–Crippen LogP) is 12.8. The second-order valence-corrected chi connectivity index (χ2v) is 17.7. The number of hydrogen-bond acceptors (Lipinski definition) is 11. The first-order valence-corrected chi connectivity index (χ1v) is 26.2. The van der Waals surface area contributed by atoms with Crippen LogP contribution in [0.3, 0.4) is 0 Å². The maximum absolute atomic E-state index is 13.4. The number of esters is 4. The van der Waals surface area contributed by atoms with Crippen molar-refractivity contribution in [3.63, 3.8) is 0 Å². The Bertz CT molecular complexity index is 1030. The number of unbranched alkanes of at least 4 members (excludes halogenated alkanes) is 24. The highest BCUT2D eigenvalue weighted by Gasteiger charge is 2.30. The second kappa shape index (κ2) is 47.7. The molecule has 0 aromatic rings. The average molecular weight is 898 g/mol. The van der Waals surface area contributed by atoms with Gasteiger partial charge in [0.05, 0.1) is 26.2 Å². The zero-order valence-electron chi connectivity index (χ0n) is 41.7. The maximum Gasteiger partial charge on any atom is 0.324 e. The molecule has 1 atom stereocenters. The summed E-state index contributed by atoms with van der Waals surface area (Å²) in [4.78, 5) is 53.7. The van der Waals surface area contributed by atoms with E-state index in [1.165, 1.54) is 109 Å². The highest BCUT2D eigenvalue weighted by molar-refractivity contribution is 5.82. The Morgan fingerprint density at radius 1 is 0.397 bits per heavy atom. The largest absolute Gasteiger partial charge is 0.466 e. The molecule has 0 aliphatic carbocycles. The molecule has 0 aromatic heterocycles. The average Bonchev–Trinajstić information content (AvgIpc) is 3.27. The number of methoxy groups -OCH3 is 2. The minimum Gasteiger partial charge on any atom is -0.466 e. The van der Waals surface area contributed by atoms with E-state index >= 15 is 0 Å². The smallest absolute Gasteiger partial charge is 0.324 e. The highest BCUT2D eigenvalue weighted by atomic mass is 16.6. The first-order valence-electron chi connectivity index (χ1n) is 26.2. The normalized spacial score (nSPS) is 11.9. The van der Waals surface area contributed by atoms with Crippen molar-refractivity contribution in [2.45, 2.75) is 251 Å². The molecule has 372 valence electrons. The molecule has 11 heteroatoms. The summed E-state index contributed by atoms with van der Waals surface area (Å²) in [6.07, 6.45) is 35.3. The standard InChI is InChI=1S/C52H99NO10/c1-6-9-12-15-18-19-20-26-34-41-60-49(54)37-31-27-33-40-53(48(52(57)62-45-43-59-5)46-51(56)61-44-42-58-4)39-32-25-21-24-30-38-50(55)63-47(35-28-22-16-13-10-7-2)36-29-23-17-14-11-8-3/h47-48H,6-46H2,1-5H3. The third kappa shape index (κ3) is 41.0. The van der Waals surface area contributed by atoms with E-state index in [-0.39, 0.29) is 50.9 Å². The van der Waals surface area contributed by atoms with E-state index < -0.39 is 18.0 Å². The van der Waals surface area contributed by atoms with E-state index in [0.717, 1.165) is 83.5 Å². The number of rotatable bonds is 49. The van der Waals surface area contributed by atoms with Gasteiger partial charge in [-0.3, -0.25) is 24.1 Å². The van der Waals surface area contributed by atoms with Crippen molar-refractivity contribution in [2.24, 2.45) is 0 Å². The molecule has 0 aliphatic rings. The fourth-order valence-electron chi connectivity index (χ4n) is 7.92. The third-order valence-corrected chi connectivity index (χ3v) is 11.9. The molecule has 0 bridgehead atoms. The summed E-state index contributed by atoms with van der Waals surface area (Å²) in [5, 5.41) is 0. The van der Waals surface area contributed by atoms with Crippen LogP contribution in [0.5, 0.6) is 0 Å². The summed E-state index contributed by atoms with van der Waals surface area (Å²) in [7, 11) is 3.09. The topological polar surface area (TPSA) is 127 Å². The van der Waals surface area contributed by atoms with Crippen molar-refractivity contribution in [3.05, 3.63) is 0 Å². The summed E-state index contributed by atoms with van der Waals surface area (Å²) in [5.74, 6) is -1.17. The molecule has 0 fully saturated rings. The van der Waals surface area contributed by atoms with Gasteiger partial charge in [0.1, 0.15) is 25.4 Å². The molecule has 0 saturated carbocycles. The Balaban J connectivity index is 5.04. The molecular formula is C52H99NO10. The molecule has 0 N–H and O–H groups in total. The lowest BCUT2D eigenvalue weighted by Crippen LogP contribution is -2.45. The van der Waals surface area contributed by atoms with E-state index in [9.17, 15) is 19.2 Å². The molecular weight excluding hydrogens is 799 g/mol. The molecule has 0 amide bonds. The van der Waals surface area contributed by atoms with Gasteiger partial charge in [0, 0.05) is 27.1 Å². The van der Waals surface area contributed by atoms with E-state index in [0.29, 0.717) is 39.0 Å². The van der Waals surface area contributed by atoms with E-state index in [1.54, 1.807) is 14.2 Å². The monoisotopic (exact) mass is 898 g/mol. The van der Waals surface area contributed by atoms with Crippen LogP contribution in [0.1, 0.15) is 239 Å². The zero-order chi connectivity index (χ0) is 46.3. The first kappa shape index (κ1) is 60.8. The fourth-order valence-corrected chi connectivity index (χ4v) is 7.92.